The van der Waals surface area contributed by atoms with Crippen molar-refractivity contribution in [1.82, 2.24) is 10.2 Å². The summed E-state index contributed by atoms with van der Waals surface area (Å²) in [6.07, 6.45) is 0.738. The van der Waals surface area contributed by atoms with Gasteiger partial charge in [-0.15, -0.1) is 0 Å². The van der Waals surface area contributed by atoms with Gasteiger partial charge in [0.1, 0.15) is 17.9 Å². The van der Waals surface area contributed by atoms with Gasteiger partial charge in [-0.05, 0) is 36.8 Å². The summed E-state index contributed by atoms with van der Waals surface area (Å²) in [6.45, 7) is 2.03. The summed E-state index contributed by atoms with van der Waals surface area (Å²) in [7, 11) is 0. The largest absolute Gasteiger partial charge is 0.490 e. The zero-order chi connectivity index (χ0) is 21.3. The molecular formula is C21H20FN3O5. The molecule has 2 aromatic rings. The molecule has 2 aliphatic heterocycles. The Bertz CT molecular complexity index is 1030. The van der Waals surface area contributed by atoms with Crippen LogP contribution in [-0.2, 0) is 15.1 Å². The summed E-state index contributed by atoms with van der Waals surface area (Å²) in [5.74, 6) is -0.834. The number of urea groups is 1. The number of anilines is 1. The van der Waals surface area contributed by atoms with Crippen LogP contribution in [0.2, 0.25) is 0 Å². The van der Waals surface area contributed by atoms with Gasteiger partial charge in [-0.3, -0.25) is 14.5 Å². The first-order valence-corrected chi connectivity index (χ1v) is 9.47. The molecule has 156 valence electrons. The monoisotopic (exact) mass is 413 g/mol. The fraction of sp³-hybridized carbons (Fsp3) is 0.286. The van der Waals surface area contributed by atoms with Crippen molar-refractivity contribution in [3.63, 3.8) is 0 Å². The van der Waals surface area contributed by atoms with Crippen LogP contribution in [0.5, 0.6) is 11.5 Å². The Kier molecular flexibility index (Phi) is 5.03. The smallest absolute Gasteiger partial charge is 0.325 e. The maximum Gasteiger partial charge on any atom is 0.325 e. The minimum absolute atomic E-state index is 0.0276. The minimum atomic E-state index is -1.37. The molecule has 0 unspecified atom stereocenters. The second-order valence-electron chi connectivity index (χ2n) is 7.19. The Hall–Kier alpha value is -3.62. The molecular weight excluding hydrogens is 393 g/mol. The molecule has 2 heterocycles. The van der Waals surface area contributed by atoms with Gasteiger partial charge in [-0.2, -0.15) is 0 Å². The van der Waals surface area contributed by atoms with Crippen molar-refractivity contribution in [2.45, 2.75) is 18.9 Å². The first-order valence-electron chi connectivity index (χ1n) is 9.47. The second kappa shape index (κ2) is 7.66. The molecule has 0 aliphatic carbocycles. The van der Waals surface area contributed by atoms with E-state index in [0.717, 1.165) is 11.3 Å². The van der Waals surface area contributed by atoms with E-state index < -0.39 is 35.7 Å². The van der Waals surface area contributed by atoms with Crippen molar-refractivity contribution >= 4 is 23.5 Å². The van der Waals surface area contributed by atoms with E-state index in [1.54, 1.807) is 31.2 Å². The van der Waals surface area contributed by atoms with Gasteiger partial charge >= 0.3 is 6.03 Å². The maximum atomic E-state index is 13.7. The quantitative estimate of drug-likeness (QED) is 0.751. The second-order valence-corrected chi connectivity index (χ2v) is 7.19. The van der Waals surface area contributed by atoms with Gasteiger partial charge in [-0.1, -0.05) is 18.2 Å². The van der Waals surface area contributed by atoms with Crippen molar-refractivity contribution in [2.24, 2.45) is 0 Å². The van der Waals surface area contributed by atoms with Crippen LogP contribution >= 0.6 is 0 Å². The molecule has 1 saturated heterocycles. The van der Waals surface area contributed by atoms with Crippen molar-refractivity contribution < 1.29 is 28.2 Å². The van der Waals surface area contributed by atoms with Crippen LogP contribution in [0.3, 0.4) is 0 Å². The average molecular weight is 413 g/mol. The third kappa shape index (κ3) is 3.54. The van der Waals surface area contributed by atoms with E-state index in [0.29, 0.717) is 30.3 Å². The molecule has 0 aromatic heterocycles. The van der Waals surface area contributed by atoms with Crippen LogP contribution in [0.1, 0.15) is 18.9 Å². The highest BCUT2D eigenvalue weighted by Crippen LogP contribution is 2.36. The summed E-state index contributed by atoms with van der Waals surface area (Å²) in [5, 5.41) is 5.01. The standard InChI is InChI=1S/C21H20FN3O5/c1-21(13-7-8-16-17(11-13)30-10-4-9-29-16)19(27)25(20(28)24-21)12-18(26)23-15-6-3-2-5-14(15)22/h2-3,5-8,11H,4,9-10,12H2,1H3,(H,23,26)(H,24,28)/t21-/m0/s1. The number of benzene rings is 2. The third-order valence-corrected chi connectivity index (χ3v) is 5.05. The number of hydrogen-bond donors (Lipinski definition) is 2. The molecule has 2 N–H and O–H groups in total. The number of carbonyl (C=O) groups is 3. The molecule has 4 rings (SSSR count). The van der Waals surface area contributed by atoms with Gasteiger partial charge in [0.15, 0.2) is 11.5 Å². The van der Waals surface area contributed by atoms with Crippen LogP contribution in [-0.4, -0.2) is 42.5 Å². The lowest BCUT2D eigenvalue weighted by molar-refractivity contribution is -0.133. The minimum Gasteiger partial charge on any atom is -0.490 e. The molecule has 1 fully saturated rings. The lowest BCUT2D eigenvalue weighted by Gasteiger charge is -2.23. The molecule has 8 nitrogen and oxygen atoms in total. The van der Waals surface area contributed by atoms with Crippen molar-refractivity contribution in [2.75, 3.05) is 25.1 Å². The van der Waals surface area contributed by atoms with E-state index in [-0.39, 0.29) is 5.69 Å². The Morgan fingerprint density at radius 1 is 1.17 bits per heavy atom. The van der Waals surface area contributed by atoms with Crippen molar-refractivity contribution in [3.8, 4) is 11.5 Å². The Labute approximate surface area is 171 Å². The van der Waals surface area contributed by atoms with Gasteiger partial charge in [0.05, 0.1) is 18.9 Å². The maximum absolute atomic E-state index is 13.7. The highest BCUT2D eigenvalue weighted by molar-refractivity contribution is 6.10. The lowest BCUT2D eigenvalue weighted by atomic mass is 9.91. The number of halogens is 1. The molecule has 0 saturated carbocycles. The highest BCUT2D eigenvalue weighted by Gasteiger charge is 2.49. The first-order chi connectivity index (χ1) is 14.4. The molecule has 0 spiro atoms. The molecule has 2 aromatic carbocycles. The number of nitrogens with one attached hydrogen (secondary N) is 2. The van der Waals surface area contributed by atoms with Crippen molar-refractivity contribution in [3.05, 3.63) is 53.8 Å². The number of nitrogens with zero attached hydrogens (tertiary/aromatic N) is 1. The number of para-hydroxylation sites is 1. The molecule has 2 aliphatic rings. The average Bonchev–Trinajstić information content (AvgIpc) is 2.89. The number of imide groups is 1. The summed E-state index contributed by atoms with van der Waals surface area (Å²) in [4.78, 5) is 38.6. The Balaban J connectivity index is 1.52. The van der Waals surface area contributed by atoms with E-state index in [2.05, 4.69) is 10.6 Å². The number of carbonyl (C=O) groups excluding carboxylic acids is 3. The number of amides is 4. The zero-order valence-corrected chi connectivity index (χ0v) is 16.2. The van der Waals surface area contributed by atoms with Gasteiger partial charge in [0.2, 0.25) is 5.91 Å². The zero-order valence-electron chi connectivity index (χ0n) is 16.2. The van der Waals surface area contributed by atoms with E-state index in [1.165, 1.54) is 18.2 Å². The lowest BCUT2D eigenvalue weighted by Crippen LogP contribution is -2.42. The number of fused-ring (bicyclic) bond motifs is 1. The molecule has 1 atom stereocenters. The fourth-order valence-corrected chi connectivity index (χ4v) is 3.41. The van der Waals surface area contributed by atoms with E-state index >= 15 is 0 Å². The molecule has 0 radical (unpaired) electrons. The van der Waals surface area contributed by atoms with Crippen LogP contribution in [0.25, 0.3) is 0 Å². The third-order valence-electron chi connectivity index (χ3n) is 5.05. The fourth-order valence-electron chi connectivity index (χ4n) is 3.41. The van der Waals surface area contributed by atoms with E-state index in [9.17, 15) is 18.8 Å². The summed E-state index contributed by atoms with van der Waals surface area (Å²) >= 11 is 0. The molecule has 9 heteroatoms. The van der Waals surface area contributed by atoms with Crippen LogP contribution < -0.4 is 20.1 Å². The Morgan fingerprint density at radius 3 is 2.67 bits per heavy atom. The summed E-state index contributed by atoms with van der Waals surface area (Å²) in [6, 6.07) is 9.95. The van der Waals surface area contributed by atoms with Gasteiger partial charge in [-0.25, -0.2) is 9.18 Å². The first kappa shape index (κ1) is 19.7. The number of rotatable bonds is 4. The number of hydrogen-bond acceptors (Lipinski definition) is 5. The summed E-state index contributed by atoms with van der Waals surface area (Å²) in [5.41, 5.74) is -0.901. The highest BCUT2D eigenvalue weighted by atomic mass is 19.1. The SMILES string of the molecule is C[C@@]1(c2ccc3c(c2)OCCCO3)NC(=O)N(CC(=O)Nc2ccccc2F)C1=O. The Morgan fingerprint density at radius 2 is 1.90 bits per heavy atom. The van der Waals surface area contributed by atoms with Crippen LogP contribution in [0.4, 0.5) is 14.9 Å². The van der Waals surface area contributed by atoms with E-state index in [1.807, 2.05) is 0 Å². The van der Waals surface area contributed by atoms with Gasteiger partial charge < -0.3 is 20.1 Å². The van der Waals surface area contributed by atoms with E-state index in [4.69, 9.17) is 9.47 Å². The predicted molar refractivity (Wildman–Crippen MR) is 105 cm³/mol. The number of ether oxygens (including phenoxy) is 2. The van der Waals surface area contributed by atoms with Gasteiger partial charge in [0.25, 0.3) is 5.91 Å². The topological polar surface area (TPSA) is 97.0 Å². The molecule has 4 amide bonds. The van der Waals surface area contributed by atoms with Crippen molar-refractivity contribution in [1.29, 1.82) is 0 Å². The predicted octanol–water partition coefficient (Wildman–Crippen LogP) is 2.39. The van der Waals surface area contributed by atoms with Crippen LogP contribution in [0.15, 0.2) is 42.5 Å². The van der Waals surface area contributed by atoms with Gasteiger partial charge in [0, 0.05) is 6.42 Å². The normalized spacial score (nSPS) is 20.5. The molecule has 0 bridgehead atoms. The molecule has 30 heavy (non-hydrogen) atoms. The van der Waals surface area contributed by atoms with Crippen LogP contribution in [0, 0.1) is 5.82 Å². The summed E-state index contributed by atoms with van der Waals surface area (Å²) < 4.78 is 25.0.